The zero-order chi connectivity index (χ0) is 14.6. The number of hydrogen-bond acceptors (Lipinski definition) is 4. The molecule has 0 spiro atoms. The van der Waals surface area contributed by atoms with E-state index in [1.165, 1.54) is 0 Å². The molecule has 5 heteroatoms. The van der Waals surface area contributed by atoms with E-state index in [2.05, 4.69) is 12.2 Å². The Hall–Kier alpha value is -1.04. The highest BCUT2D eigenvalue weighted by Gasteiger charge is 2.40. The van der Waals surface area contributed by atoms with Gasteiger partial charge in [-0.15, -0.1) is 11.8 Å². The van der Waals surface area contributed by atoms with Crippen LogP contribution in [0.15, 0.2) is 29.2 Å². The first kappa shape index (κ1) is 15.4. The second-order valence-electron chi connectivity index (χ2n) is 5.37. The van der Waals surface area contributed by atoms with Crippen LogP contribution in [-0.2, 0) is 4.79 Å². The number of likely N-dealkylation sites (tertiary alicyclic amines) is 1. The molecule has 4 nitrogen and oxygen atoms in total. The van der Waals surface area contributed by atoms with Gasteiger partial charge < -0.3 is 10.4 Å². The molecule has 0 aliphatic carbocycles. The van der Waals surface area contributed by atoms with Crippen molar-refractivity contribution in [2.75, 3.05) is 31.2 Å². The molecule has 1 aromatic carbocycles. The third-order valence-corrected chi connectivity index (χ3v) is 4.30. The summed E-state index contributed by atoms with van der Waals surface area (Å²) >= 11 is 1.61. The van der Waals surface area contributed by atoms with Gasteiger partial charge in [-0.2, -0.15) is 0 Å². The topological polar surface area (TPSA) is 52.6 Å². The molecule has 0 bridgehead atoms. The third kappa shape index (κ3) is 3.75. The van der Waals surface area contributed by atoms with Crippen molar-refractivity contribution in [3.8, 4) is 0 Å². The molecule has 0 saturated carbocycles. The summed E-state index contributed by atoms with van der Waals surface area (Å²) in [5.41, 5.74) is 0.279. The standard InChI is InChI=1S/C15H22N2O2S/c1-3-8-15(19)10-17(11-15)9-14(18)16-12-6-4-5-7-13(12)20-2/h4-7,19H,3,8-11H2,1-2H3,(H,16,18). The summed E-state index contributed by atoms with van der Waals surface area (Å²) in [6.07, 6.45) is 3.77. The van der Waals surface area contributed by atoms with Gasteiger partial charge >= 0.3 is 0 Å². The van der Waals surface area contributed by atoms with E-state index < -0.39 is 5.60 Å². The number of carbonyl (C=O) groups is 1. The normalized spacial score (nSPS) is 17.6. The van der Waals surface area contributed by atoms with Crippen molar-refractivity contribution in [3.05, 3.63) is 24.3 Å². The van der Waals surface area contributed by atoms with Gasteiger partial charge in [-0.3, -0.25) is 9.69 Å². The fourth-order valence-electron chi connectivity index (χ4n) is 2.66. The molecule has 1 saturated heterocycles. The van der Waals surface area contributed by atoms with E-state index >= 15 is 0 Å². The Bertz CT molecular complexity index is 473. The number of carbonyl (C=O) groups excluding carboxylic acids is 1. The predicted molar refractivity (Wildman–Crippen MR) is 83.2 cm³/mol. The minimum absolute atomic E-state index is 0.0231. The number of thioether (sulfide) groups is 1. The van der Waals surface area contributed by atoms with Crippen molar-refractivity contribution in [1.82, 2.24) is 4.90 Å². The second-order valence-corrected chi connectivity index (χ2v) is 6.22. The Balaban J connectivity index is 1.82. The molecule has 0 atom stereocenters. The zero-order valence-electron chi connectivity index (χ0n) is 12.1. The summed E-state index contributed by atoms with van der Waals surface area (Å²) in [7, 11) is 0. The monoisotopic (exact) mass is 294 g/mol. The van der Waals surface area contributed by atoms with E-state index in [-0.39, 0.29) is 5.91 Å². The van der Waals surface area contributed by atoms with Gasteiger partial charge in [0.25, 0.3) is 0 Å². The molecule has 2 rings (SSSR count). The third-order valence-electron chi connectivity index (χ3n) is 3.50. The van der Waals surface area contributed by atoms with Gasteiger partial charge in [0.2, 0.25) is 5.91 Å². The van der Waals surface area contributed by atoms with Crippen LogP contribution in [0, 0.1) is 0 Å². The van der Waals surface area contributed by atoms with Crippen molar-refractivity contribution >= 4 is 23.4 Å². The molecule has 1 amide bonds. The average Bonchev–Trinajstić information content (AvgIpc) is 2.37. The largest absolute Gasteiger partial charge is 0.387 e. The predicted octanol–water partition coefficient (Wildman–Crippen LogP) is 2.19. The lowest BCUT2D eigenvalue weighted by Crippen LogP contribution is -2.62. The molecular formula is C15H22N2O2S. The highest BCUT2D eigenvalue weighted by Crippen LogP contribution is 2.27. The molecule has 0 unspecified atom stereocenters. The Morgan fingerprint density at radius 1 is 1.45 bits per heavy atom. The quantitative estimate of drug-likeness (QED) is 0.790. The summed E-state index contributed by atoms with van der Waals surface area (Å²) in [6, 6.07) is 7.78. The fourth-order valence-corrected chi connectivity index (χ4v) is 3.22. The summed E-state index contributed by atoms with van der Waals surface area (Å²) in [6.45, 7) is 3.60. The van der Waals surface area contributed by atoms with E-state index in [1.807, 2.05) is 35.4 Å². The maximum atomic E-state index is 12.0. The summed E-state index contributed by atoms with van der Waals surface area (Å²) < 4.78 is 0. The number of β-amino-alcohol motifs (C(OH)–C–C–N with tert-alkyl or cyclic N) is 1. The van der Waals surface area contributed by atoms with Crippen molar-refractivity contribution < 1.29 is 9.90 Å². The highest BCUT2D eigenvalue weighted by molar-refractivity contribution is 7.98. The van der Waals surface area contributed by atoms with E-state index in [1.54, 1.807) is 11.8 Å². The van der Waals surface area contributed by atoms with E-state index in [0.717, 1.165) is 23.4 Å². The Morgan fingerprint density at radius 3 is 2.80 bits per heavy atom. The summed E-state index contributed by atoms with van der Waals surface area (Å²) in [5, 5.41) is 13.0. The molecule has 1 fully saturated rings. The SMILES string of the molecule is CCCC1(O)CN(CC(=O)Nc2ccccc2SC)C1. The lowest BCUT2D eigenvalue weighted by molar-refractivity contribution is -0.129. The van der Waals surface area contributed by atoms with Crippen LogP contribution in [0.4, 0.5) is 5.69 Å². The van der Waals surface area contributed by atoms with Crippen molar-refractivity contribution in [1.29, 1.82) is 0 Å². The average molecular weight is 294 g/mol. The number of nitrogens with one attached hydrogen (secondary N) is 1. The molecule has 1 aliphatic heterocycles. The Kier molecular flexibility index (Phi) is 5.07. The number of amides is 1. The lowest BCUT2D eigenvalue weighted by atomic mass is 9.89. The lowest BCUT2D eigenvalue weighted by Gasteiger charge is -2.46. The maximum Gasteiger partial charge on any atom is 0.238 e. The summed E-state index contributed by atoms with van der Waals surface area (Å²) in [4.78, 5) is 15.0. The molecule has 1 aromatic rings. The smallest absolute Gasteiger partial charge is 0.238 e. The van der Waals surface area contributed by atoms with Gasteiger partial charge in [0.05, 0.1) is 17.8 Å². The van der Waals surface area contributed by atoms with Crippen LogP contribution >= 0.6 is 11.8 Å². The van der Waals surface area contributed by atoms with Crippen molar-refractivity contribution in [3.63, 3.8) is 0 Å². The first-order valence-corrected chi connectivity index (χ1v) is 8.16. The first-order valence-electron chi connectivity index (χ1n) is 6.94. The number of para-hydroxylation sites is 1. The minimum atomic E-state index is -0.577. The van der Waals surface area contributed by atoms with Gasteiger partial charge in [-0.25, -0.2) is 0 Å². The van der Waals surface area contributed by atoms with Gasteiger partial charge in [0.15, 0.2) is 0 Å². The van der Waals surface area contributed by atoms with Gasteiger partial charge in [0, 0.05) is 18.0 Å². The van der Waals surface area contributed by atoms with Gasteiger partial charge in [-0.1, -0.05) is 25.5 Å². The van der Waals surface area contributed by atoms with Crippen molar-refractivity contribution in [2.45, 2.75) is 30.3 Å². The van der Waals surface area contributed by atoms with Gasteiger partial charge in [0.1, 0.15) is 0 Å². The highest BCUT2D eigenvalue weighted by atomic mass is 32.2. The fraction of sp³-hybridized carbons (Fsp3) is 0.533. The minimum Gasteiger partial charge on any atom is -0.387 e. The molecule has 1 aliphatic rings. The molecule has 1 heterocycles. The van der Waals surface area contributed by atoms with E-state index in [0.29, 0.717) is 19.6 Å². The molecular weight excluding hydrogens is 272 g/mol. The number of benzene rings is 1. The molecule has 110 valence electrons. The maximum absolute atomic E-state index is 12.0. The van der Waals surface area contributed by atoms with Crippen molar-refractivity contribution in [2.24, 2.45) is 0 Å². The van der Waals surface area contributed by atoms with Crippen LogP contribution < -0.4 is 5.32 Å². The van der Waals surface area contributed by atoms with Crippen LogP contribution in [-0.4, -0.2) is 47.4 Å². The van der Waals surface area contributed by atoms with E-state index in [4.69, 9.17) is 0 Å². The second kappa shape index (κ2) is 6.61. The molecule has 0 radical (unpaired) electrons. The number of hydrogen-bond donors (Lipinski definition) is 2. The number of rotatable bonds is 6. The summed E-state index contributed by atoms with van der Waals surface area (Å²) in [5.74, 6) is -0.0231. The first-order chi connectivity index (χ1) is 9.56. The van der Waals surface area contributed by atoms with E-state index in [9.17, 15) is 9.90 Å². The van der Waals surface area contributed by atoms with Crippen LogP contribution in [0.2, 0.25) is 0 Å². The Morgan fingerprint density at radius 2 is 2.15 bits per heavy atom. The van der Waals surface area contributed by atoms with Gasteiger partial charge in [-0.05, 0) is 24.8 Å². The molecule has 0 aromatic heterocycles. The zero-order valence-corrected chi connectivity index (χ0v) is 12.9. The van der Waals surface area contributed by atoms with Crippen LogP contribution in [0.1, 0.15) is 19.8 Å². The number of nitrogens with zero attached hydrogens (tertiary/aromatic N) is 1. The van der Waals surface area contributed by atoms with Crippen LogP contribution in [0.25, 0.3) is 0 Å². The van der Waals surface area contributed by atoms with Crippen LogP contribution in [0.3, 0.4) is 0 Å². The molecule has 2 N–H and O–H groups in total. The Labute approximate surface area is 124 Å². The van der Waals surface area contributed by atoms with Crippen LogP contribution in [0.5, 0.6) is 0 Å². The molecule has 20 heavy (non-hydrogen) atoms. The number of aliphatic hydroxyl groups is 1. The number of anilines is 1.